The number of ether oxygens (including phenoxy) is 2. The molecule has 0 bridgehead atoms. The lowest BCUT2D eigenvalue weighted by Gasteiger charge is -2.24. The molecule has 1 aliphatic rings. The molecular formula is C20H25NO4S. The Hall–Kier alpha value is -2.05. The molecular weight excluding hydrogens is 350 g/mol. The van der Waals surface area contributed by atoms with Crippen molar-refractivity contribution in [2.75, 3.05) is 24.6 Å². The molecule has 1 fully saturated rings. The van der Waals surface area contributed by atoms with Crippen molar-refractivity contribution in [3.8, 4) is 5.75 Å². The first-order valence-electron chi connectivity index (χ1n) is 8.62. The van der Waals surface area contributed by atoms with Gasteiger partial charge in [-0.2, -0.15) is 0 Å². The van der Waals surface area contributed by atoms with Crippen LogP contribution in [0.4, 0.5) is 5.69 Å². The molecule has 0 amide bonds. The number of epoxide rings is 1. The minimum atomic E-state index is -3.74. The Bertz CT molecular complexity index is 868. The maximum absolute atomic E-state index is 13.2. The minimum absolute atomic E-state index is 0.0516. The normalized spacial score (nSPS) is 17.0. The fourth-order valence-electron chi connectivity index (χ4n) is 2.57. The van der Waals surface area contributed by atoms with Crippen molar-refractivity contribution in [1.29, 1.82) is 0 Å². The highest BCUT2D eigenvalue weighted by Gasteiger charge is 2.29. The molecule has 1 unspecified atom stereocenters. The number of rotatable bonds is 6. The molecule has 0 aliphatic carbocycles. The number of sulfonamides is 1. The van der Waals surface area contributed by atoms with Gasteiger partial charge in [-0.15, -0.1) is 0 Å². The molecule has 0 aromatic heterocycles. The minimum Gasteiger partial charge on any atom is -0.489 e. The molecule has 26 heavy (non-hydrogen) atoms. The fraction of sp³-hybridized carbons (Fsp3) is 0.400. The quantitative estimate of drug-likeness (QED) is 0.724. The van der Waals surface area contributed by atoms with Gasteiger partial charge in [0.05, 0.1) is 12.3 Å². The first-order chi connectivity index (χ1) is 12.2. The fourth-order valence-corrected chi connectivity index (χ4v) is 3.88. The van der Waals surface area contributed by atoms with Gasteiger partial charge in [0.25, 0.3) is 10.0 Å². The van der Waals surface area contributed by atoms with Crippen molar-refractivity contribution in [2.45, 2.75) is 37.2 Å². The van der Waals surface area contributed by atoms with Crippen LogP contribution in [-0.4, -0.2) is 34.8 Å². The smallest absolute Gasteiger partial charge is 0.267 e. The van der Waals surface area contributed by atoms with Crippen LogP contribution in [0.3, 0.4) is 0 Å². The Balaban J connectivity index is 2.01. The molecule has 0 saturated carbocycles. The Morgan fingerprint density at radius 2 is 1.81 bits per heavy atom. The van der Waals surface area contributed by atoms with Crippen LogP contribution >= 0.6 is 0 Å². The lowest BCUT2D eigenvalue weighted by atomic mass is 9.87. The van der Waals surface area contributed by atoms with Crippen molar-refractivity contribution in [2.24, 2.45) is 0 Å². The molecule has 2 aromatic rings. The van der Waals surface area contributed by atoms with E-state index in [-0.39, 0.29) is 16.4 Å². The van der Waals surface area contributed by atoms with Gasteiger partial charge >= 0.3 is 0 Å². The van der Waals surface area contributed by atoms with Crippen molar-refractivity contribution < 1.29 is 17.9 Å². The van der Waals surface area contributed by atoms with E-state index in [1.165, 1.54) is 4.31 Å². The summed E-state index contributed by atoms with van der Waals surface area (Å²) >= 11 is 0. The third-order valence-electron chi connectivity index (χ3n) is 4.40. The van der Waals surface area contributed by atoms with Crippen LogP contribution in [-0.2, 0) is 20.2 Å². The number of hydrogen-bond acceptors (Lipinski definition) is 4. The summed E-state index contributed by atoms with van der Waals surface area (Å²) in [5.41, 5.74) is 1.51. The third kappa shape index (κ3) is 4.02. The number of nitrogens with zero attached hydrogens (tertiary/aromatic N) is 1. The molecule has 140 valence electrons. The summed E-state index contributed by atoms with van der Waals surface area (Å²) in [5, 5.41) is 0. The third-order valence-corrected chi connectivity index (χ3v) is 6.22. The summed E-state index contributed by atoms with van der Waals surface area (Å²) in [7, 11) is -2.19. The van der Waals surface area contributed by atoms with Crippen LogP contribution in [0.15, 0.2) is 53.4 Å². The van der Waals surface area contributed by atoms with Crippen LogP contribution in [0.5, 0.6) is 5.75 Å². The van der Waals surface area contributed by atoms with Gasteiger partial charge in [-0.3, -0.25) is 4.31 Å². The van der Waals surface area contributed by atoms with E-state index in [1.807, 2.05) is 30.3 Å². The van der Waals surface area contributed by atoms with Crippen molar-refractivity contribution in [1.82, 2.24) is 0 Å². The van der Waals surface area contributed by atoms with Gasteiger partial charge in [-0.25, -0.2) is 8.42 Å². The number of hydrogen-bond donors (Lipinski definition) is 0. The number of benzene rings is 2. The summed E-state index contributed by atoms with van der Waals surface area (Å²) in [6.07, 6.45) is 0.0516. The highest BCUT2D eigenvalue weighted by molar-refractivity contribution is 7.92. The maximum atomic E-state index is 13.2. The van der Waals surface area contributed by atoms with Crippen LogP contribution < -0.4 is 9.04 Å². The van der Waals surface area contributed by atoms with Gasteiger partial charge in [0.1, 0.15) is 23.4 Å². The highest BCUT2D eigenvalue weighted by Crippen LogP contribution is 2.34. The standard InChI is InChI=1S/C20H25NO4S/c1-20(2,3)15-10-11-19(18(12-15)25-14-17-13-24-17)26(22,23)21(4)16-8-6-5-7-9-16/h5-12,17H,13-14H2,1-4H3. The van der Waals surface area contributed by atoms with Gasteiger partial charge < -0.3 is 9.47 Å². The van der Waals surface area contributed by atoms with E-state index < -0.39 is 10.0 Å². The second-order valence-corrected chi connectivity index (χ2v) is 9.42. The second kappa shape index (κ2) is 6.93. The summed E-state index contributed by atoms with van der Waals surface area (Å²) in [6, 6.07) is 14.3. The van der Waals surface area contributed by atoms with Gasteiger partial charge in [0.2, 0.25) is 0 Å². The van der Waals surface area contributed by atoms with E-state index in [0.29, 0.717) is 24.7 Å². The predicted molar refractivity (Wildman–Crippen MR) is 102 cm³/mol. The van der Waals surface area contributed by atoms with Crippen LogP contribution in [0.2, 0.25) is 0 Å². The molecule has 1 saturated heterocycles. The summed E-state index contributed by atoms with van der Waals surface area (Å²) in [4.78, 5) is 0.164. The van der Waals surface area contributed by atoms with E-state index in [4.69, 9.17) is 9.47 Å². The Morgan fingerprint density at radius 3 is 2.38 bits per heavy atom. The van der Waals surface area contributed by atoms with Crippen LogP contribution in [0.25, 0.3) is 0 Å². The predicted octanol–water partition coefficient (Wildman–Crippen LogP) is 3.59. The topological polar surface area (TPSA) is 59.1 Å². The molecule has 1 atom stereocenters. The van der Waals surface area contributed by atoms with Gasteiger partial charge in [0, 0.05) is 7.05 Å². The van der Waals surface area contributed by atoms with Crippen molar-refractivity contribution in [3.05, 3.63) is 54.1 Å². The summed E-state index contributed by atoms with van der Waals surface area (Å²) in [6.45, 7) is 7.26. The zero-order valence-electron chi connectivity index (χ0n) is 15.6. The largest absolute Gasteiger partial charge is 0.489 e. The molecule has 1 aliphatic heterocycles. The lowest BCUT2D eigenvalue weighted by molar-refractivity contribution is 0.257. The molecule has 6 heteroatoms. The second-order valence-electron chi connectivity index (χ2n) is 7.49. The molecule has 0 spiro atoms. The molecule has 3 rings (SSSR count). The Morgan fingerprint density at radius 1 is 1.15 bits per heavy atom. The number of anilines is 1. The monoisotopic (exact) mass is 375 g/mol. The van der Waals surface area contributed by atoms with Gasteiger partial charge in [-0.1, -0.05) is 45.0 Å². The summed E-state index contributed by atoms with van der Waals surface area (Å²) < 4.78 is 38.7. The molecule has 2 aromatic carbocycles. The zero-order chi connectivity index (χ0) is 18.9. The highest BCUT2D eigenvalue weighted by atomic mass is 32.2. The molecule has 5 nitrogen and oxygen atoms in total. The maximum Gasteiger partial charge on any atom is 0.267 e. The van der Waals surface area contributed by atoms with Gasteiger partial charge in [-0.05, 0) is 35.2 Å². The lowest BCUT2D eigenvalue weighted by Crippen LogP contribution is -2.27. The van der Waals surface area contributed by atoms with E-state index >= 15 is 0 Å². The Kier molecular flexibility index (Phi) is 4.99. The summed E-state index contributed by atoms with van der Waals surface area (Å²) in [5.74, 6) is 0.371. The van der Waals surface area contributed by atoms with Gasteiger partial charge in [0.15, 0.2) is 0 Å². The van der Waals surface area contributed by atoms with E-state index in [2.05, 4.69) is 20.8 Å². The molecule has 0 radical (unpaired) electrons. The van der Waals surface area contributed by atoms with E-state index in [0.717, 1.165) is 5.56 Å². The van der Waals surface area contributed by atoms with E-state index in [1.54, 1.807) is 25.2 Å². The average molecular weight is 375 g/mol. The van der Waals surface area contributed by atoms with E-state index in [9.17, 15) is 8.42 Å². The first kappa shape index (κ1) is 18.7. The SMILES string of the molecule is CN(c1ccccc1)S(=O)(=O)c1ccc(C(C)(C)C)cc1OCC1CO1. The Labute approximate surface area is 155 Å². The average Bonchev–Trinajstić information content (AvgIpc) is 3.43. The van der Waals surface area contributed by atoms with Crippen LogP contribution in [0.1, 0.15) is 26.3 Å². The van der Waals surface area contributed by atoms with Crippen molar-refractivity contribution >= 4 is 15.7 Å². The molecule has 0 N–H and O–H groups in total. The van der Waals surface area contributed by atoms with Crippen LogP contribution in [0, 0.1) is 0 Å². The zero-order valence-corrected chi connectivity index (χ0v) is 16.4. The first-order valence-corrected chi connectivity index (χ1v) is 10.1. The van der Waals surface area contributed by atoms with Crippen molar-refractivity contribution in [3.63, 3.8) is 0 Å². The number of para-hydroxylation sites is 1. The molecule has 1 heterocycles.